The second-order valence-corrected chi connectivity index (χ2v) is 5.98. The van der Waals surface area contributed by atoms with Gasteiger partial charge in [0.2, 0.25) is 5.91 Å². The first kappa shape index (κ1) is 16.0. The van der Waals surface area contributed by atoms with Crippen molar-refractivity contribution >= 4 is 5.91 Å². The summed E-state index contributed by atoms with van der Waals surface area (Å²) in [5, 5.41) is 6.14. The van der Waals surface area contributed by atoms with E-state index >= 15 is 0 Å². The van der Waals surface area contributed by atoms with Gasteiger partial charge in [0.1, 0.15) is 0 Å². The number of carbonyl (C=O) groups excluding carboxylic acids is 1. The zero-order valence-electron chi connectivity index (χ0n) is 12.8. The van der Waals surface area contributed by atoms with E-state index < -0.39 is 0 Å². The van der Waals surface area contributed by atoms with Crippen LogP contribution in [0.5, 0.6) is 0 Å². The van der Waals surface area contributed by atoms with Gasteiger partial charge in [-0.2, -0.15) is 0 Å². The third kappa shape index (κ3) is 7.25. The number of hydrogen-bond donors (Lipinski definition) is 2. The first-order chi connectivity index (χ1) is 10.2. The fraction of sp³-hybridized carbons (Fsp3) is 0.588. The van der Waals surface area contributed by atoms with Crippen molar-refractivity contribution in [2.75, 3.05) is 26.2 Å². The number of hydrogen-bond acceptors (Lipinski definition) is 3. The zero-order chi connectivity index (χ0) is 14.9. The van der Waals surface area contributed by atoms with E-state index in [1.165, 1.54) is 18.4 Å². The van der Waals surface area contributed by atoms with Crippen LogP contribution >= 0.6 is 0 Å². The van der Waals surface area contributed by atoms with Crippen LogP contribution in [0, 0.1) is 11.8 Å². The van der Waals surface area contributed by atoms with E-state index in [0.717, 1.165) is 12.5 Å². The number of rotatable bonds is 10. The molecule has 0 spiro atoms. The monoisotopic (exact) mass is 290 g/mol. The maximum Gasteiger partial charge on any atom is 0.233 e. The third-order valence-corrected chi connectivity index (χ3v) is 3.58. The van der Waals surface area contributed by atoms with Gasteiger partial charge in [0.25, 0.3) is 0 Å². The van der Waals surface area contributed by atoms with Gasteiger partial charge < -0.3 is 15.4 Å². The van der Waals surface area contributed by atoms with Crippen molar-refractivity contribution < 1.29 is 9.53 Å². The summed E-state index contributed by atoms with van der Waals surface area (Å²) in [6, 6.07) is 10.1. The first-order valence-electron chi connectivity index (χ1n) is 7.83. The molecule has 1 aromatic carbocycles. The quantitative estimate of drug-likeness (QED) is 0.692. The summed E-state index contributed by atoms with van der Waals surface area (Å²) in [4.78, 5) is 11.6. The molecular formula is C17H26N2O2. The SMILES string of the molecule is CC(CNC(=O)CNCC1CC1)COCc1ccccc1. The highest BCUT2D eigenvalue weighted by Gasteiger charge is 2.20. The Kier molecular flexibility index (Phi) is 6.70. The number of carbonyl (C=O) groups is 1. The molecule has 2 rings (SSSR count). The topological polar surface area (TPSA) is 50.4 Å². The molecule has 1 aliphatic carbocycles. The molecule has 0 heterocycles. The van der Waals surface area contributed by atoms with Crippen molar-refractivity contribution in [1.29, 1.82) is 0 Å². The van der Waals surface area contributed by atoms with E-state index in [1.807, 2.05) is 18.2 Å². The maximum atomic E-state index is 11.6. The minimum atomic E-state index is 0.0746. The molecule has 1 unspecified atom stereocenters. The smallest absolute Gasteiger partial charge is 0.233 e. The van der Waals surface area contributed by atoms with Crippen molar-refractivity contribution in [3.8, 4) is 0 Å². The largest absolute Gasteiger partial charge is 0.376 e. The van der Waals surface area contributed by atoms with Crippen molar-refractivity contribution in [2.24, 2.45) is 11.8 Å². The van der Waals surface area contributed by atoms with Crippen LogP contribution in [0.25, 0.3) is 0 Å². The summed E-state index contributed by atoms with van der Waals surface area (Å²) in [7, 11) is 0. The minimum Gasteiger partial charge on any atom is -0.376 e. The van der Waals surface area contributed by atoms with Gasteiger partial charge in [-0.3, -0.25) is 4.79 Å². The molecule has 4 nitrogen and oxygen atoms in total. The number of benzene rings is 1. The van der Waals surface area contributed by atoms with Gasteiger partial charge in [-0.15, -0.1) is 0 Å². The molecule has 1 aliphatic rings. The van der Waals surface area contributed by atoms with Gasteiger partial charge in [-0.1, -0.05) is 37.3 Å². The predicted molar refractivity (Wildman–Crippen MR) is 83.9 cm³/mol. The van der Waals surface area contributed by atoms with Crippen LogP contribution < -0.4 is 10.6 Å². The highest BCUT2D eigenvalue weighted by Crippen LogP contribution is 2.27. The highest BCUT2D eigenvalue weighted by molar-refractivity contribution is 5.77. The molecule has 116 valence electrons. The molecule has 0 bridgehead atoms. The Morgan fingerprint density at radius 3 is 2.81 bits per heavy atom. The molecule has 1 aromatic rings. The Balaban J connectivity index is 1.48. The van der Waals surface area contributed by atoms with E-state index in [1.54, 1.807) is 0 Å². The fourth-order valence-corrected chi connectivity index (χ4v) is 2.07. The van der Waals surface area contributed by atoms with Crippen molar-refractivity contribution in [3.63, 3.8) is 0 Å². The molecule has 21 heavy (non-hydrogen) atoms. The van der Waals surface area contributed by atoms with E-state index in [0.29, 0.717) is 32.2 Å². The molecule has 4 heteroatoms. The Morgan fingerprint density at radius 2 is 2.10 bits per heavy atom. The van der Waals surface area contributed by atoms with Crippen molar-refractivity contribution in [2.45, 2.75) is 26.4 Å². The summed E-state index contributed by atoms with van der Waals surface area (Å²) in [6.45, 7) is 5.44. The second-order valence-electron chi connectivity index (χ2n) is 5.98. The molecule has 2 N–H and O–H groups in total. The van der Waals surface area contributed by atoms with Crippen LogP contribution in [0.4, 0.5) is 0 Å². The van der Waals surface area contributed by atoms with Crippen LogP contribution in [0.1, 0.15) is 25.3 Å². The average Bonchev–Trinajstić information content (AvgIpc) is 3.30. The Hall–Kier alpha value is -1.39. The Labute approximate surface area is 127 Å². The van der Waals surface area contributed by atoms with Crippen LogP contribution in [0.3, 0.4) is 0 Å². The Morgan fingerprint density at radius 1 is 1.33 bits per heavy atom. The van der Waals surface area contributed by atoms with Crippen LogP contribution in [-0.2, 0) is 16.1 Å². The van der Waals surface area contributed by atoms with Gasteiger partial charge in [0, 0.05) is 6.54 Å². The molecule has 1 fully saturated rings. The molecule has 0 aromatic heterocycles. The number of nitrogens with one attached hydrogen (secondary N) is 2. The lowest BCUT2D eigenvalue weighted by molar-refractivity contribution is -0.120. The van der Waals surface area contributed by atoms with Crippen LogP contribution in [-0.4, -0.2) is 32.1 Å². The van der Waals surface area contributed by atoms with E-state index in [2.05, 4.69) is 29.7 Å². The fourth-order valence-electron chi connectivity index (χ4n) is 2.07. The van der Waals surface area contributed by atoms with E-state index in [4.69, 9.17) is 4.74 Å². The molecule has 1 amide bonds. The van der Waals surface area contributed by atoms with Gasteiger partial charge in [-0.05, 0) is 36.8 Å². The summed E-state index contributed by atoms with van der Waals surface area (Å²) in [6.07, 6.45) is 2.62. The summed E-state index contributed by atoms with van der Waals surface area (Å²) >= 11 is 0. The second kappa shape index (κ2) is 8.80. The van der Waals surface area contributed by atoms with Crippen molar-refractivity contribution in [3.05, 3.63) is 35.9 Å². The van der Waals surface area contributed by atoms with Crippen molar-refractivity contribution in [1.82, 2.24) is 10.6 Å². The molecule has 1 saturated carbocycles. The minimum absolute atomic E-state index is 0.0746. The van der Waals surface area contributed by atoms with Gasteiger partial charge in [0.05, 0.1) is 19.8 Å². The van der Waals surface area contributed by atoms with Gasteiger partial charge in [0.15, 0.2) is 0 Å². The summed E-state index contributed by atoms with van der Waals surface area (Å²) in [5.41, 5.74) is 1.18. The van der Waals surface area contributed by atoms with Gasteiger partial charge >= 0.3 is 0 Å². The molecule has 1 atom stereocenters. The zero-order valence-corrected chi connectivity index (χ0v) is 12.8. The average molecular weight is 290 g/mol. The molecular weight excluding hydrogens is 264 g/mol. The standard InChI is InChI=1S/C17H26N2O2/c1-14(12-21-13-16-5-3-2-4-6-16)9-19-17(20)11-18-10-15-7-8-15/h2-6,14-15,18H,7-13H2,1H3,(H,19,20). The van der Waals surface area contributed by atoms with E-state index in [-0.39, 0.29) is 5.91 Å². The van der Waals surface area contributed by atoms with Gasteiger partial charge in [-0.25, -0.2) is 0 Å². The maximum absolute atomic E-state index is 11.6. The van der Waals surface area contributed by atoms with E-state index in [9.17, 15) is 4.79 Å². The lowest BCUT2D eigenvalue weighted by Crippen LogP contribution is -2.37. The van der Waals surface area contributed by atoms with Crippen LogP contribution in [0.2, 0.25) is 0 Å². The molecule has 0 radical (unpaired) electrons. The summed E-state index contributed by atoms with van der Waals surface area (Å²) < 4.78 is 5.67. The number of ether oxygens (including phenoxy) is 1. The Bertz CT molecular complexity index is 418. The number of amides is 1. The third-order valence-electron chi connectivity index (χ3n) is 3.58. The first-order valence-corrected chi connectivity index (χ1v) is 7.83. The molecule has 0 saturated heterocycles. The normalized spacial score (nSPS) is 15.7. The molecule has 0 aliphatic heterocycles. The lowest BCUT2D eigenvalue weighted by atomic mass is 10.2. The summed E-state index contributed by atoms with van der Waals surface area (Å²) in [5.74, 6) is 1.20. The van der Waals surface area contributed by atoms with Crippen LogP contribution in [0.15, 0.2) is 30.3 Å². The predicted octanol–water partition coefficient (Wildman–Crippen LogP) is 1.96. The highest BCUT2D eigenvalue weighted by atomic mass is 16.5. The lowest BCUT2D eigenvalue weighted by Gasteiger charge is -2.13.